The fourth-order valence-electron chi connectivity index (χ4n) is 1.82. The minimum atomic E-state index is -1.35. The predicted molar refractivity (Wildman–Crippen MR) is 64.7 cm³/mol. The van der Waals surface area contributed by atoms with Crippen LogP contribution in [0.1, 0.15) is 0 Å². The first-order chi connectivity index (χ1) is 8.56. The van der Waals surface area contributed by atoms with E-state index in [0.717, 1.165) is 10.9 Å². The van der Waals surface area contributed by atoms with Gasteiger partial charge < -0.3 is 23.9 Å². The fourth-order valence-corrected chi connectivity index (χ4v) is 1.82. The number of methoxy groups -OCH3 is 2. The highest BCUT2D eigenvalue weighted by Gasteiger charge is 2.14. The van der Waals surface area contributed by atoms with Crippen molar-refractivity contribution in [3.05, 3.63) is 18.2 Å². The van der Waals surface area contributed by atoms with Gasteiger partial charge in [0.05, 0.1) is 19.7 Å². The van der Waals surface area contributed by atoms with Gasteiger partial charge >= 0.3 is 6.16 Å². The Labute approximate surface area is 103 Å². The molecule has 1 heterocycles. The molecule has 0 spiro atoms. The molecule has 2 rings (SSSR count). The maximum atomic E-state index is 10.6. The van der Waals surface area contributed by atoms with Crippen LogP contribution >= 0.6 is 0 Å². The van der Waals surface area contributed by atoms with Gasteiger partial charge in [0.2, 0.25) is 5.88 Å². The van der Waals surface area contributed by atoms with Gasteiger partial charge in [-0.15, -0.1) is 0 Å². The van der Waals surface area contributed by atoms with E-state index in [1.807, 2.05) is 0 Å². The first kappa shape index (κ1) is 12.1. The van der Waals surface area contributed by atoms with Crippen molar-refractivity contribution in [1.82, 2.24) is 4.57 Å². The van der Waals surface area contributed by atoms with Crippen molar-refractivity contribution in [1.29, 1.82) is 0 Å². The number of hydrogen-bond acceptors (Lipinski definition) is 4. The number of benzene rings is 1. The summed E-state index contributed by atoms with van der Waals surface area (Å²) >= 11 is 0. The molecule has 0 amide bonds. The van der Waals surface area contributed by atoms with Gasteiger partial charge in [-0.25, -0.2) is 4.79 Å². The lowest BCUT2D eigenvalue weighted by Crippen LogP contribution is -2.06. The second-order valence-electron chi connectivity index (χ2n) is 3.67. The fraction of sp³-hybridized carbons (Fsp3) is 0.250. The maximum absolute atomic E-state index is 10.6. The zero-order valence-corrected chi connectivity index (χ0v) is 10.3. The average Bonchev–Trinajstić information content (AvgIpc) is 2.65. The predicted octanol–water partition coefficient (Wildman–Crippen LogP) is 2.25. The second-order valence-corrected chi connectivity index (χ2v) is 3.67. The minimum Gasteiger partial charge on any atom is -0.497 e. The number of aromatic nitrogens is 1. The Morgan fingerprint density at radius 1 is 1.22 bits per heavy atom. The van der Waals surface area contributed by atoms with Crippen LogP contribution in [0.5, 0.6) is 17.4 Å². The highest BCUT2D eigenvalue weighted by molar-refractivity contribution is 5.90. The zero-order chi connectivity index (χ0) is 13.3. The summed E-state index contributed by atoms with van der Waals surface area (Å²) in [6.07, 6.45) is -1.35. The van der Waals surface area contributed by atoms with E-state index in [9.17, 15) is 4.79 Å². The van der Waals surface area contributed by atoms with E-state index >= 15 is 0 Å². The van der Waals surface area contributed by atoms with E-state index in [4.69, 9.17) is 14.6 Å². The second kappa shape index (κ2) is 4.48. The molecule has 96 valence electrons. The summed E-state index contributed by atoms with van der Waals surface area (Å²) in [6, 6.07) is 5.13. The summed E-state index contributed by atoms with van der Waals surface area (Å²) in [4.78, 5) is 10.6. The van der Waals surface area contributed by atoms with E-state index in [-0.39, 0.29) is 5.88 Å². The van der Waals surface area contributed by atoms with E-state index in [0.29, 0.717) is 11.5 Å². The molecule has 6 nitrogen and oxygen atoms in total. The van der Waals surface area contributed by atoms with Gasteiger partial charge in [-0.3, -0.25) is 0 Å². The molecule has 0 saturated heterocycles. The Kier molecular flexibility index (Phi) is 3.01. The zero-order valence-electron chi connectivity index (χ0n) is 10.3. The standard InChI is InChI=1S/C12H13NO5/c1-13-9-4-7(16-2)5-10(17-3)8(9)6-11(13)18-12(14)15/h4-6H,1-3H3,(H,14,15). The van der Waals surface area contributed by atoms with Crippen molar-refractivity contribution in [3.8, 4) is 17.4 Å². The van der Waals surface area contributed by atoms with Crippen molar-refractivity contribution in [3.63, 3.8) is 0 Å². The Morgan fingerprint density at radius 2 is 1.94 bits per heavy atom. The summed E-state index contributed by atoms with van der Waals surface area (Å²) in [5, 5.41) is 9.41. The van der Waals surface area contributed by atoms with Gasteiger partial charge in [0.15, 0.2) is 0 Å². The van der Waals surface area contributed by atoms with Crippen LogP contribution in [-0.4, -0.2) is 30.0 Å². The number of ether oxygens (including phenoxy) is 3. The molecule has 0 aliphatic rings. The van der Waals surface area contributed by atoms with Crippen molar-refractivity contribution < 1.29 is 24.1 Å². The molecule has 0 aliphatic heterocycles. The minimum absolute atomic E-state index is 0.226. The van der Waals surface area contributed by atoms with Gasteiger partial charge in [0.1, 0.15) is 11.5 Å². The van der Waals surface area contributed by atoms with Gasteiger partial charge in [0, 0.05) is 30.6 Å². The van der Waals surface area contributed by atoms with Crippen LogP contribution in [0.3, 0.4) is 0 Å². The molecule has 0 atom stereocenters. The third-order valence-electron chi connectivity index (χ3n) is 2.70. The lowest BCUT2D eigenvalue weighted by atomic mass is 10.2. The number of rotatable bonds is 3. The molecule has 18 heavy (non-hydrogen) atoms. The summed E-state index contributed by atoms with van der Waals surface area (Å²) in [5.74, 6) is 1.45. The quantitative estimate of drug-likeness (QED) is 0.847. The molecular weight excluding hydrogens is 238 g/mol. The molecule has 6 heteroatoms. The summed E-state index contributed by atoms with van der Waals surface area (Å²) in [5.41, 5.74) is 0.766. The summed E-state index contributed by atoms with van der Waals surface area (Å²) in [7, 11) is 4.80. The normalized spacial score (nSPS) is 10.4. The van der Waals surface area contributed by atoms with Crippen LogP contribution in [0.2, 0.25) is 0 Å². The average molecular weight is 251 g/mol. The van der Waals surface area contributed by atoms with Crippen LogP contribution in [0.15, 0.2) is 18.2 Å². The van der Waals surface area contributed by atoms with Gasteiger partial charge in [-0.1, -0.05) is 0 Å². The molecule has 0 aliphatic carbocycles. The van der Waals surface area contributed by atoms with Crippen LogP contribution in [0.25, 0.3) is 10.9 Å². The van der Waals surface area contributed by atoms with E-state index in [2.05, 4.69) is 4.74 Å². The van der Waals surface area contributed by atoms with Crippen molar-refractivity contribution >= 4 is 17.1 Å². The number of hydrogen-bond donors (Lipinski definition) is 1. The van der Waals surface area contributed by atoms with Crippen LogP contribution < -0.4 is 14.2 Å². The van der Waals surface area contributed by atoms with Crippen LogP contribution in [0.4, 0.5) is 4.79 Å². The topological polar surface area (TPSA) is 69.9 Å². The molecule has 1 aromatic heterocycles. The molecule has 1 aromatic carbocycles. The molecule has 2 aromatic rings. The smallest absolute Gasteiger partial charge is 0.497 e. The molecule has 0 radical (unpaired) electrons. The Balaban J connectivity index is 2.66. The lowest BCUT2D eigenvalue weighted by Gasteiger charge is -2.06. The number of carboxylic acid groups (broad SMARTS) is 1. The van der Waals surface area contributed by atoms with Crippen LogP contribution in [0, 0.1) is 0 Å². The summed E-state index contributed by atoms with van der Waals surface area (Å²) < 4.78 is 16.7. The van der Waals surface area contributed by atoms with Gasteiger partial charge in [0.25, 0.3) is 0 Å². The van der Waals surface area contributed by atoms with Crippen molar-refractivity contribution in [2.24, 2.45) is 7.05 Å². The van der Waals surface area contributed by atoms with Crippen LogP contribution in [-0.2, 0) is 7.05 Å². The van der Waals surface area contributed by atoms with Gasteiger partial charge in [-0.05, 0) is 0 Å². The Bertz CT molecular complexity index is 602. The van der Waals surface area contributed by atoms with Gasteiger partial charge in [-0.2, -0.15) is 0 Å². The van der Waals surface area contributed by atoms with E-state index in [1.54, 1.807) is 44.0 Å². The third-order valence-corrected chi connectivity index (χ3v) is 2.70. The highest BCUT2D eigenvalue weighted by atomic mass is 16.7. The monoisotopic (exact) mass is 251 g/mol. The first-order valence-electron chi connectivity index (χ1n) is 5.19. The van der Waals surface area contributed by atoms with E-state index in [1.165, 1.54) is 0 Å². The van der Waals surface area contributed by atoms with Crippen molar-refractivity contribution in [2.45, 2.75) is 0 Å². The molecule has 0 unspecified atom stereocenters. The summed E-state index contributed by atoms with van der Waals surface area (Å²) in [6.45, 7) is 0. The molecule has 0 bridgehead atoms. The molecular formula is C12H13NO5. The number of carbonyl (C=O) groups is 1. The number of nitrogens with zero attached hydrogens (tertiary/aromatic N) is 1. The Morgan fingerprint density at radius 3 is 2.50 bits per heavy atom. The highest BCUT2D eigenvalue weighted by Crippen LogP contribution is 2.35. The third kappa shape index (κ3) is 1.92. The molecule has 0 fully saturated rings. The van der Waals surface area contributed by atoms with Crippen molar-refractivity contribution in [2.75, 3.05) is 14.2 Å². The SMILES string of the molecule is COc1cc(OC)c2cc(OC(=O)O)n(C)c2c1. The molecule has 0 saturated carbocycles. The first-order valence-corrected chi connectivity index (χ1v) is 5.19. The Hall–Kier alpha value is -2.37. The maximum Gasteiger partial charge on any atom is 0.512 e. The lowest BCUT2D eigenvalue weighted by molar-refractivity contribution is 0.141. The number of aryl methyl sites for hydroxylation is 1. The number of fused-ring (bicyclic) bond motifs is 1. The van der Waals surface area contributed by atoms with E-state index < -0.39 is 6.16 Å². The largest absolute Gasteiger partial charge is 0.512 e. The molecule has 1 N–H and O–H groups in total.